The van der Waals surface area contributed by atoms with Crippen LogP contribution in [0, 0.1) is 0 Å². The van der Waals surface area contributed by atoms with Gasteiger partial charge in [-0.2, -0.15) is 4.31 Å². The minimum absolute atomic E-state index is 0.170. The summed E-state index contributed by atoms with van der Waals surface area (Å²) in [6.45, 7) is 1.96. The highest BCUT2D eigenvalue weighted by atomic mass is 35.5. The summed E-state index contributed by atoms with van der Waals surface area (Å²) in [5.41, 5.74) is 1.97. The third-order valence-electron chi connectivity index (χ3n) is 4.67. The maximum Gasteiger partial charge on any atom is 0.220 e. The number of rotatable bonds is 4. The van der Waals surface area contributed by atoms with Crippen LogP contribution in [-0.2, 0) is 15.8 Å². The zero-order valence-electron chi connectivity index (χ0n) is 14.3. The molecule has 0 aliphatic carbocycles. The van der Waals surface area contributed by atoms with E-state index in [0.717, 1.165) is 11.1 Å². The molecule has 1 saturated heterocycles. The van der Waals surface area contributed by atoms with Crippen molar-refractivity contribution in [1.82, 2.24) is 9.46 Å². The molecule has 27 heavy (non-hydrogen) atoms. The standard InChI is InChI=1S/C18H17Cl2N3O3S/c19-15-6-5-13(11-16(15)20)22-7-9-23(10-8-22)27(24,25)12-17-14-3-1-2-4-18(14)26-21-17/h1-6,11H,7-10,12H2. The van der Waals surface area contributed by atoms with Gasteiger partial charge < -0.3 is 9.42 Å². The van der Waals surface area contributed by atoms with Crippen LogP contribution in [0.1, 0.15) is 5.69 Å². The van der Waals surface area contributed by atoms with E-state index in [2.05, 4.69) is 10.1 Å². The van der Waals surface area contributed by atoms with Crippen LogP contribution in [0.2, 0.25) is 10.0 Å². The average molecular weight is 426 g/mol. The van der Waals surface area contributed by atoms with Crippen LogP contribution in [0.5, 0.6) is 0 Å². The molecule has 3 aromatic rings. The minimum Gasteiger partial charge on any atom is -0.369 e. The van der Waals surface area contributed by atoms with E-state index in [9.17, 15) is 8.42 Å². The second-order valence-corrected chi connectivity index (χ2v) is 9.15. The summed E-state index contributed by atoms with van der Waals surface area (Å²) in [7, 11) is -3.48. The van der Waals surface area contributed by atoms with Crippen LogP contribution in [-0.4, -0.2) is 44.1 Å². The number of aromatic nitrogens is 1. The molecule has 0 radical (unpaired) electrons. The molecule has 1 aromatic heterocycles. The molecule has 2 aromatic carbocycles. The van der Waals surface area contributed by atoms with Gasteiger partial charge in [0.25, 0.3) is 0 Å². The normalized spacial score (nSPS) is 16.1. The molecule has 2 heterocycles. The van der Waals surface area contributed by atoms with Gasteiger partial charge >= 0.3 is 0 Å². The number of benzene rings is 2. The summed E-state index contributed by atoms with van der Waals surface area (Å²) < 4.78 is 32.4. The van der Waals surface area contributed by atoms with Crippen molar-refractivity contribution in [3.63, 3.8) is 0 Å². The highest BCUT2D eigenvalue weighted by Gasteiger charge is 2.29. The van der Waals surface area contributed by atoms with Crippen LogP contribution >= 0.6 is 23.2 Å². The van der Waals surface area contributed by atoms with Gasteiger partial charge in [0.05, 0.1) is 10.0 Å². The quantitative estimate of drug-likeness (QED) is 0.635. The lowest BCUT2D eigenvalue weighted by Crippen LogP contribution is -2.49. The van der Waals surface area contributed by atoms with E-state index >= 15 is 0 Å². The highest BCUT2D eigenvalue weighted by Crippen LogP contribution is 2.28. The van der Waals surface area contributed by atoms with Crippen molar-refractivity contribution in [2.45, 2.75) is 5.75 Å². The lowest BCUT2D eigenvalue weighted by atomic mass is 10.2. The summed E-state index contributed by atoms with van der Waals surface area (Å²) in [5, 5.41) is 5.66. The van der Waals surface area contributed by atoms with Gasteiger partial charge in [0.15, 0.2) is 5.58 Å². The van der Waals surface area contributed by atoms with E-state index in [1.165, 1.54) is 4.31 Å². The fraction of sp³-hybridized carbons (Fsp3) is 0.278. The molecule has 6 nitrogen and oxygen atoms in total. The third-order valence-corrected chi connectivity index (χ3v) is 7.20. The monoisotopic (exact) mass is 425 g/mol. The Morgan fingerprint density at radius 2 is 1.74 bits per heavy atom. The molecular weight excluding hydrogens is 409 g/mol. The first-order valence-electron chi connectivity index (χ1n) is 8.45. The number of para-hydroxylation sites is 1. The van der Waals surface area contributed by atoms with E-state index in [1.54, 1.807) is 18.2 Å². The first-order valence-corrected chi connectivity index (χ1v) is 10.8. The number of sulfonamides is 1. The summed E-state index contributed by atoms with van der Waals surface area (Å²) in [5.74, 6) is -0.170. The van der Waals surface area contributed by atoms with Gasteiger partial charge in [-0.05, 0) is 30.3 Å². The summed E-state index contributed by atoms with van der Waals surface area (Å²) in [6, 6.07) is 12.7. The first-order chi connectivity index (χ1) is 12.9. The molecule has 0 atom stereocenters. The first kappa shape index (κ1) is 18.6. The molecule has 0 unspecified atom stereocenters. The van der Waals surface area contributed by atoms with Crippen molar-refractivity contribution in [3.8, 4) is 0 Å². The summed E-state index contributed by atoms with van der Waals surface area (Å²) in [6.07, 6.45) is 0. The van der Waals surface area contributed by atoms with Crippen LogP contribution in [0.4, 0.5) is 5.69 Å². The molecule has 1 aliphatic heterocycles. The van der Waals surface area contributed by atoms with Gasteiger partial charge in [-0.1, -0.05) is 40.5 Å². The van der Waals surface area contributed by atoms with Crippen LogP contribution in [0.15, 0.2) is 47.0 Å². The maximum atomic E-state index is 12.8. The Morgan fingerprint density at radius 1 is 1.00 bits per heavy atom. The number of nitrogens with zero attached hydrogens (tertiary/aromatic N) is 3. The van der Waals surface area contributed by atoms with Gasteiger partial charge in [-0.25, -0.2) is 8.42 Å². The van der Waals surface area contributed by atoms with Crippen LogP contribution < -0.4 is 4.90 Å². The van der Waals surface area contributed by atoms with E-state index in [0.29, 0.717) is 47.5 Å². The smallest absolute Gasteiger partial charge is 0.220 e. The average Bonchev–Trinajstić information content (AvgIpc) is 3.07. The Balaban J connectivity index is 1.46. The van der Waals surface area contributed by atoms with Crippen LogP contribution in [0.25, 0.3) is 11.0 Å². The molecule has 0 N–H and O–H groups in total. The number of fused-ring (bicyclic) bond motifs is 1. The zero-order chi connectivity index (χ0) is 19.0. The van der Waals surface area contributed by atoms with Gasteiger partial charge in [-0.15, -0.1) is 0 Å². The van der Waals surface area contributed by atoms with E-state index in [4.69, 9.17) is 27.7 Å². The Hall–Kier alpha value is -1.80. The topological polar surface area (TPSA) is 66.7 Å². The molecule has 1 aliphatic rings. The van der Waals surface area contributed by atoms with Crippen molar-refractivity contribution >= 4 is 49.9 Å². The van der Waals surface area contributed by atoms with Crippen molar-refractivity contribution in [2.24, 2.45) is 0 Å². The third kappa shape index (κ3) is 3.78. The SMILES string of the molecule is O=S(=O)(Cc1noc2ccccc12)N1CCN(c2ccc(Cl)c(Cl)c2)CC1. The summed E-state index contributed by atoms with van der Waals surface area (Å²) >= 11 is 12.0. The van der Waals surface area contributed by atoms with Crippen molar-refractivity contribution in [3.05, 3.63) is 58.2 Å². The van der Waals surface area contributed by atoms with Gasteiger partial charge in [0, 0.05) is 37.3 Å². The molecule has 0 saturated carbocycles. The lowest BCUT2D eigenvalue weighted by Gasteiger charge is -2.35. The van der Waals surface area contributed by atoms with E-state index in [1.807, 2.05) is 24.3 Å². The molecular formula is C18H17Cl2N3O3S. The lowest BCUT2D eigenvalue weighted by molar-refractivity contribution is 0.383. The predicted molar refractivity (Wildman–Crippen MR) is 107 cm³/mol. The highest BCUT2D eigenvalue weighted by molar-refractivity contribution is 7.88. The maximum absolute atomic E-state index is 12.8. The Kier molecular flexibility index (Phi) is 5.03. The Bertz CT molecular complexity index is 1080. The number of piperazine rings is 1. The van der Waals surface area contributed by atoms with Crippen molar-refractivity contribution < 1.29 is 12.9 Å². The molecule has 142 valence electrons. The molecule has 1 fully saturated rings. The number of halogens is 2. The second kappa shape index (κ2) is 7.31. The fourth-order valence-electron chi connectivity index (χ4n) is 3.21. The molecule has 0 spiro atoms. The molecule has 0 bridgehead atoms. The Labute approximate surface area is 167 Å². The van der Waals surface area contributed by atoms with Crippen molar-refractivity contribution in [1.29, 1.82) is 0 Å². The largest absolute Gasteiger partial charge is 0.369 e. The second-order valence-electron chi connectivity index (χ2n) is 6.37. The number of anilines is 1. The Morgan fingerprint density at radius 3 is 2.48 bits per heavy atom. The number of hydrogen-bond acceptors (Lipinski definition) is 5. The van der Waals surface area contributed by atoms with E-state index in [-0.39, 0.29) is 5.75 Å². The molecule has 9 heteroatoms. The van der Waals surface area contributed by atoms with Gasteiger partial charge in [0.1, 0.15) is 11.4 Å². The van der Waals surface area contributed by atoms with Crippen LogP contribution in [0.3, 0.4) is 0 Å². The number of hydrogen-bond donors (Lipinski definition) is 0. The predicted octanol–water partition coefficient (Wildman–Crippen LogP) is 3.79. The molecule has 0 amide bonds. The van der Waals surface area contributed by atoms with Crippen molar-refractivity contribution in [2.75, 3.05) is 31.1 Å². The molecule has 4 rings (SSSR count). The van der Waals surface area contributed by atoms with Gasteiger partial charge in [0.2, 0.25) is 10.0 Å². The zero-order valence-corrected chi connectivity index (χ0v) is 16.6. The fourth-order valence-corrected chi connectivity index (χ4v) is 4.96. The minimum atomic E-state index is -3.48. The van der Waals surface area contributed by atoms with E-state index < -0.39 is 10.0 Å². The van der Waals surface area contributed by atoms with Gasteiger partial charge in [-0.3, -0.25) is 0 Å². The summed E-state index contributed by atoms with van der Waals surface area (Å²) in [4.78, 5) is 2.10.